The Morgan fingerprint density at radius 2 is 2.04 bits per heavy atom. The largest absolute Gasteiger partial charge is 0.368 e. The molecule has 1 fully saturated rings. The van der Waals surface area contributed by atoms with Crippen molar-refractivity contribution in [1.29, 1.82) is 0 Å². The Morgan fingerprint density at radius 3 is 2.82 bits per heavy atom. The summed E-state index contributed by atoms with van der Waals surface area (Å²) >= 11 is 2.96. The first kappa shape index (κ1) is 19.0. The molecule has 0 aliphatic carbocycles. The molecule has 0 unspecified atom stereocenters. The zero-order valence-corrected chi connectivity index (χ0v) is 17.3. The molecule has 146 valence electrons. The molecule has 1 amide bonds. The maximum atomic E-state index is 12.5. The number of amides is 1. The summed E-state index contributed by atoms with van der Waals surface area (Å²) < 4.78 is 1.54. The molecule has 8 heteroatoms. The lowest BCUT2D eigenvalue weighted by Gasteiger charge is -2.36. The van der Waals surface area contributed by atoms with Gasteiger partial charge in [-0.3, -0.25) is 14.0 Å². The molecule has 6 nitrogen and oxygen atoms in total. The number of aromatic nitrogens is 2. The summed E-state index contributed by atoms with van der Waals surface area (Å²) in [6, 6.07) is 10.0. The molecule has 3 aromatic rings. The third-order valence-electron chi connectivity index (χ3n) is 4.83. The number of piperazine rings is 1. The van der Waals surface area contributed by atoms with Gasteiger partial charge in [-0.05, 0) is 24.6 Å². The van der Waals surface area contributed by atoms with Crippen LogP contribution in [0.15, 0.2) is 46.7 Å². The zero-order valence-electron chi connectivity index (χ0n) is 15.7. The monoisotopic (exact) mass is 414 g/mol. The van der Waals surface area contributed by atoms with Gasteiger partial charge >= 0.3 is 0 Å². The van der Waals surface area contributed by atoms with Gasteiger partial charge in [0.25, 0.3) is 5.56 Å². The predicted octanol–water partition coefficient (Wildman–Crippen LogP) is 2.65. The van der Waals surface area contributed by atoms with Crippen molar-refractivity contribution >= 4 is 39.7 Å². The highest BCUT2D eigenvalue weighted by atomic mass is 32.2. The van der Waals surface area contributed by atoms with E-state index in [4.69, 9.17) is 0 Å². The molecule has 0 spiro atoms. The number of hydrogen-bond acceptors (Lipinski definition) is 6. The van der Waals surface area contributed by atoms with Gasteiger partial charge in [-0.25, -0.2) is 4.98 Å². The summed E-state index contributed by atoms with van der Waals surface area (Å²) in [5, 5.41) is 1.85. The van der Waals surface area contributed by atoms with Crippen LogP contribution in [0.4, 0.5) is 5.69 Å². The van der Waals surface area contributed by atoms with Gasteiger partial charge in [0.15, 0.2) is 4.96 Å². The Hall–Kier alpha value is -2.32. The Balaban J connectivity index is 1.27. The second kappa shape index (κ2) is 8.36. The van der Waals surface area contributed by atoms with Gasteiger partial charge in [-0.1, -0.05) is 12.1 Å². The fourth-order valence-electron chi connectivity index (χ4n) is 3.33. The van der Waals surface area contributed by atoms with Gasteiger partial charge in [-0.2, -0.15) is 0 Å². The third kappa shape index (κ3) is 4.23. The Morgan fingerprint density at radius 1 is 1.21 bits per heavy atom. The van der Waals surface area contributed by atoms with Crippen molar-refractivity contribution in [2.75, 3.05) is 36.8 Å². The van der Waals surface area contributed by atoms with E-state index < -0.39 is 0 Å². The van der Waals surface area contributed by atoms with E-state index in [1.165, 1.54) is 38.8 Å². The smallest absolute Gasteiger partial charge is 0.258 e. The molecule has 2 aromatic heterocycles. The molecule has 0 atom stereocenters. The van der Waals surface area contributed by atoms with Crippen LogP contribution in [-0.2, 0) is 10.5 Å². The lowest BCUT2D eigenvalue weighted by Crippen LogP contribution is -2.49. The molecule has 3 heterocycles. The minimum Gasteiger partial charge on any atom is -0.368 e. The first-order valence-corrected chi connectivity index (χ1v) is 11.3. The fourth-order valence-corrected chi connectivity index (χ4v) is 4.89. The van der Waals surface area contributed by atoms with E-state index >= 15 is 0 Å². The number of benzene rings is 1. The van der Waals surface area contributed by atoms with E-state index in [2.05, 4.69) is 41.1 Å². The number of rotatable bonds is 5. The van der Waals surface area contributed by atoms with Crippen LogP contribution in [0, 0.1) is 6.92 Å². The van der Waals surface area contributed by atoms with Crippen LogP contribution in [0.1, 0.15) is 11.3 Å². The van der Waals surface area contributed by atoms with Crippen LogP contribution in [0.25, 0.3) is 4.96 Å². The molecule has 0 saturated carbocycles. The van der Waals surface area contributed by atoms with Crippen LogP contribution in [0.5, 0.6) is 0 Å². The van der Waals surface area contributed by atoms with Gasteiger partial charge < -0.3 is 9.80 Å². The Kier molecular flexibility index (Phi) is 5.68. The van der Waals surface area contributed by atoms with Gasteiger partial charge in [0.2, 0.25) is 5.91 Å². The van der Waals surface area contributed by atoms with Crippen molar-refractivity contribution in [1.82, 2.24) is 14.3 Å². The lowest BCUT2D eigenvalue weighted by molar-refractivity contribution is -0.128. The first-order chi connectivity index (χ1) is 13.6. The van der Waals surface area contributed by atoms with Crippen molar-refractivity contribution in [2.24, 2.45) is 0 Å². The number of carbonyl (C=O) groups is 1. The second-order valence-corrected chi connectivity index (χ2v) is 8.70. The maximum Gasteiger partial charge on any atom is 0.258 e. The average molecular weight is 415 g/mol. The summed E-state index contributed by atoms with van der Waals surface area (Å²) in [6.07, 6.45) is 1.73. The third-order valence-corrected chi connectivity index (χ3v) is 6.54. The number of anilines is 1. The zero-order chi connectivity index (χ0) is 19.5. The highest BCUT2D eigenvalue weighted by molar-refractivity contribution is 7.99. The van der Waals surface area contributed by atoms with Gasteiger partial charge in [-0.15, -0.1) is 23.1 Å². The maximum absolute atomic E-state index is 12.5. The molecule has 0 N–H and O–H groups in total. The summed E-state index contributed by atoms with van der Waals surface area (Å²) in [5.41, 5.74) is 3.14. The van der Waals surface area contributed by atoms with Crippen LogP contribution < -0.4 is 10.5 Å². The van der Waals surface area contributed by atoms with Crippen LogP contribution in [0.3, 0.4) is 0 Å². The molecule has 28 heavy (non-hydrogen) atoms. The van der Waals surface area contributed by atoms with Crippen molar-refractivity contribution in [3.63, 3.8) is 0 Å². The molecular weight excluding hydrogens is 392 g/mol. The molecular formula is C20H22N4O2S2. The summed E-state index contributed by atoms with van der Waals surface area (Å²) in [5.74, 6) is 1.14. The molecule has 0 radical (unpaired) electrons. The first-order valence-electron chi connectivity index (χ1n) is 9.23. The highest BCUT2D eigenvalue weighted by Gasteiger charge is 2.21. The topological polar surface area (TPSA) is 57.9 Å². The molecule has 1 saturated heterocycles. The summed E-state index contributed by atoms with van der Waals surface area (Å²) in [7, 11) is 0. The number of nitrogens with zero attached hydrogens (tertiary/aromatic N) is 4. The lowest BCUT2D eigenvalue weighted by atomic mass is 10.2. The van der Waals surface area contributed by atoms with E-state index in [0.29, 0.717) is 16.5 Å². The molecule has 4 rings (SSSR count). The minimum absolute atomic E-state index is 0.0690. The highest BCUT2D eigenvalue weighted by Crippen LogP contribution is 2.19. The van der Waals surface area contributed by atoms with Crippen LogP contribution in [0.2, 0.25) is 0 Å². The summed E-state index contributed by atoms with van der Waals surface area (Å²) in [6.45, 7) is 5.29. The molecule has 1 aromatic carbocycles. The van der Waals surface area contributed by atoms with E-state index in [-0.39, 0.29) is 11.5 Å². The molecule has 0 bridgehead atoms. The van der Waals surface area contributed by atoms with Crippen molar-refractivity contribution in [3.8, 4) is 0 Å². The number of thiazole rings is 1. The van der Waals surface area contributed by atoms with Gasteiger partial charge in [0.1, 0.15) is 0 Å². The van der Waals surface area contributed by atoms with Gasteiger partial charge in [0, 0.05) is 55.3 Å². The van der Waals surface area contributed by atoms with E-state index in [1.807, 2.05) is 10.3 Å². The summed E-state index contributed by atoms with van der Waals surface area (Å²) in [4.78, 5) is 34.0. The number of carbonyl (C=O) groups excluding carboxylic acids is 1. The molecule has 1 aliphatic heterocycles. The average Bonchev–Trinajstić information content (AvgIpc) is 3.17. The molecule has 1 aliphatic rings. The Bertz CT molecular complexity index is 1040. The minimum atomic E-state index is -0.0690. The van der Waals surface area contributed by atoms with Crippen molar-refractivity contribution in [3.05, 3.63) is 63.5 Å². The second-order valence-electron chi connectivity index (χ2n) is 6.84. The number of fused-ring (bicyclic) bond motifs is 1. The number of hydrogen-bond donors (Lipinski definition) is 0. The van der Waals surface area contributed by atoms with E-state index in [1.54, 1.807) is 12.3 Å². The number of thioether (sulfide) groups is 1. The standard InChI is InChI=1S/C20H22N4O2S2/c1-15-3-2-4-17(11-15)22-5-7-23(8-6-22)19(26)14-27-13-16-12-18(25)24-9-10-28-20(24)21-16/h2-4,9-12H,5-8,13-14H2,1H3. The van der Waals surface area contributed by atoms with Crippen LogP contribution in [-0.4, -0.2) is 52.1 Å². The van der Waals surface area contributed by atoms with Crippen molar-refractivity contribution in [2.45, 2.75) is 12.7 Å². The fraction of sp³-hybridized carbons (Fsp3) is 0.350. The number of aryl methyl sites for hydroxylation is 1. The predicted molar refractivity (Wildman–Crippen MR) is 115 cm³/mol. The van der Waals surface area contributed by atoms with Crippen LogP contribution >= 0.6 is 23.1 Å². The Labute approximate surface area is 171 Å². The van der Waals surface area contributed by atoms with Gasteiger partial charge in [0.05, 0.1) is 11.4 Å². The van der Waals surface area contributed by atoms with E-state index in [0.717, 1.165) is 31.9 Å². The van der Waals surface area contributed by atoms with E-state index in [9.17, 15) is 9.59 Å². The van der Waals surface area contributed by atoms with Crippen molar-refractivity contribution < 1.29 is 4.79 Å². The SMILES string of the molecule is Cc1cccc(N2CCN(C(=O)CSCc3cc(=O)n4ccsc4n3)CC2)c1. The quantitative estimate of drug-likeness (QED) is 0.642. The normalized spacial score (nSPS) is 14.6.